The van der Waals surface area contributed by atoms with Crippen molar-refractivity contribution in [3.63, 3.8) is 0 Å². The van der Waals surface area contributed by atoms with E-state index in [1.165, 1.54) is 0 Å². The van der Waals surface area contributed by atoms with E-state index in [0.717, 1.165) is 11.1 Å². The Morgan fingerprint density at radius 1 is 1.12 bits per heavy atom. The van der Waals surface area contributed by atoms with Gasteiger partial charge < -0.3 is 20.4 Å². The van der Waals surface area contributed by atoms with Gasteiger partial charge in [0.25, 0.3) is 0 Å². The van der Waals surface area contributed by atoms with Gasteiger partial charge in [0.15, 0.2) is 5.78 Å². The Kier molecular flexibility index (Phi) is 4.35. The highest BCUT2D eigenvalue weighted by Crippen LogP contribution is 2.60. The van der Waals surface area contributed by atoms with Crippen LogP contribution in [-0.2, 0) is 4.79 Å². The number of aliphatic hydroxyl groups excluding tert-OH is 4. The van der Waals surface area contributed by atoms with Gasteiger partial charge in [-0.25, -0.2) is 0 Å². The van der Waals surface area contributed by atoms with Gasteiger partial charge in [-0.15, -0.1) is 0 Å². The number of rotatable bonds is 2. The number of aliphatic hydroxyl groups is 4. The number of allylic oxidation sites excluding steroid dienone is 2. The summed E-state index contributed by atoms with van der Waals surface area (Å²) in [4.78, 5) is 12.7. The van der Waals surface area contributed by atoms with E-state index < -0.39 is 29.1 Å². The monoisotopic (exact) mass is 348 g/mol. The van der Waals surface area contributed by atoms with Gasteiger partial charge in [-0.1, -0.05) is 39.8 Å². The first-order chi connectivity index (χ1) is 11.6. The van der Waals surface area contributed by atoms with E-state index in [4.69, 9.17) is 0 Å². The van der Waals surface area contributed by atoms with E-state index in [2.05, 4.69) is 0 Å². The molecule has 0 heterocycles. The Hall–Kier alpha value is -1.27. The number of hydrogen-bond acceptors (Lipinski definition) is 5. The molecule has 1 fully saturated rings. The molecule has 0 unspecified atom stereocenters. The molecule has 0 amide bonds. The van der Waals surface area contributed by atoms with Crippen molar-refractivity contribution in [1.82, 2.24) is 0 Å². The number of fused-ring (bicyclic) bond motifs is 3. The Morgan fingerprint density at radius 2 is 1.72 bits per heavy atom. The van der Waals surface area contributed by atoms with E-state index in [1.54, 1.807) is 6.08 Å². The van der Waals surface area contributed by atoms with Gasteiger partial charge in [0, 0.05) is 16.4 Å². The van der Waals surface area contributed by atoms with Crippen molar-refractivity contribution in [1.29, 1.82) is 0 Å². The molecule has 3 rings (SSSR count). The van der Waals surface area contributed by atoms with Crippen molar-refractivity contribution in [2.45, 2.75) is 58.8 Å². The summed E-state index contributed by atoms with van der Waals surface area (Å²) in [5.74, 6) is -0.280. The maximum Gasteiger partial charge on any atom is 0.188 e. The Bertz CT molecular complexity index is 701. The van der Waals surface area contributed by atoms with Gasteiger partial charge in [0.05, 0.1) is 12.7 Å². The third-order valence-electron chi connectivity index (χ3n) is 6.56. The Balaban J connectivity index is 2.28. The summed E-state index contributed by atoms with van der Waals surface area (Å²) in [5.41, 5.74) is 1.17. The summed E-state index contributed by atoms with van der Waals surface area (Å²) in [6.45, 7) is 7.32. The third kappa shape index (κ3) is 2.33. The topological polar surface area (TPSA) is 98.0 Å². The van der Waals surface area contributed by atoms with E-state index in [1.807, 2.05) is 33.8 Å². The predicted octanol–water partition coefficient (Wildman–Crippen LogP) is 1.27. The molecule has 5 nitrogen and oxygen atoms in total. The molecule has 0 aromatic heterocycles. The fourth-order valence-electron chi connectivity index (χ4n) is 4.80. The predicted molar refractivity (Wildman–Crippen MR) is 93.6 cm³/mol. The average molecular weight is 348 g/mol. The summed E-state index contributed by atoms with van der Waals surface area (Å²) in [7, 11) is 0. The Labute approximate surface area is 148 Å². The highest BCUT2D eigenvalue weighted by molar-refractivity contribution is 6.05. The first-order valence-corrected chi connectivity index (χ1v) is 8.95. The molecule has 0 aliphatic heterocycles. The summed E-state index contributed by atoms with van der Waals surface area (Å²) < 4.78 is 0. The first-order valence-electron chi connectivity index (χ1n) is 8.95. The average Bonchev–Trinajstić information content (AvgIpc) is 2.71. The van der Waals surface area contributed by atoms with E-state index in [9.17, 15) is 25.2 Å². The van der Waals surface area contributed by atoms with Crippen molar-refractivity contribution in [2.75, 3.05) is 6.61 Å². The lowest BCUT2D eigenvalue weighted by Gasteiger charge is -2.49. The van der Waals surface area contributed by atoms with Crippen molar-refractivity contribution in [3.8, 4) is 0 Å². The molecule has 0 aromatic rings. The highest BCUT2D eigenvalue weighted by atomic mass is 16.3. The lowest BCUT2D eigenvalue weighted by molar-refractivity contribution is -0.127. The van der Waals surface area contributed by atoms with Crippen LogP contribution in [0, 0.1) is 16.7 Å². The first kappa shape index (κ1) is 18.5. The van der Waals surface area contributed by atoms with Crippen LogP contribution in [0.25, 0.3) is 0 Å². The van der Waals surface area contributed by atoms with Gasteiger partial charge in [-0.2, -0.15) is 0 Å². The normalized spacial score (nSPS) is 41.3. The van der Waals surface area contributed by atoms with Crippen LogP contribution < -0.4 is 0 Å². The number of carbonyl (C=O) groups excluding carboxylic acids is 1. The molecule has 0 aromatic carbocycles. The van der Waals surface area contributed by atoms with Crippen molar-refractivity contribution in [3.05, 3.63) is 34.4 Å². The summed E-state index contributed by atoms with van der Waals surface area (Å²) in [6.07, 6.45) is 1.23. The second-order valence-electron chi connectivity index (χ2n) is 8.41. The quantitative estimate of drug-likeness (QED) is 0.602. The highest BCUT2D eigenvalue weighted by Gasteiger charge is 2.59. The molecule has 0 spiro atoms. The minimum atomic E-state index is -1.15. The molecule has 0 saturated heterocycles. The molecule has 25 heavy (non-hydrogen) atoms. The van der Waals surface area contributed by atoms with Crippen molar-refractivity contribution in [2.24, 2.45) is 16.7 Å². The number of carbonyl (C=O) groups is 1. The molecule has 138 valence electrons. The van der Waals surface area contributed by atoms with Crippen LogP contribution in [-0.4, -0.2) is 51.1 Å². The minimum absolute atomic E-state index is 0.0474. The van der Waals surface area contributed by atoms with Crippen LogP contribution in [0.2, 0.25) is 0 Å². The van der Waals surface area contributed by atoms with Crippen LogP contribution in [0.4, 0.5) is 0 Å². The van der Waals surface area contributed by atoms with Crippen LogP contribution in [0.1, 0.15) is 40.5 Å². The molecule has 3 aliphatic carbocycles. The van der Waals surface area contributed by atoms with E-state index >= 15 is 0 Å². The van der Waals surface area contributed by atoms with Crippen LogP contribution in [0.15, 0.2) is 34.4 Å². The van der Waals surface area contributed by atoms with Crippen LogP contribution in [0.5, 0.6) is 0 Å². The number of hydrogen-bond donors (Lipinski definition) is 4. The lowest BCUT2D eigenvalue weighted by atomic mass is 9.57. The number of ketones is 1. The van der Waals surface area contributed by atoms with Gasteiger partial charge in [-0.05, 0) is 35.5 Å². The zero-order valence-corrected chi connectivity index (χ0v) is 15.3. The summed E-state index contributed by atoms with van der Waals surface area (Å²) in [6, 6.07) is 0. The zero-order chi connectivity index (χ0) is 18.7. The molecular formula is C20H28O5. The second-order valence-corrected chi connectivity index (χ2v) is 8.41. The molecule has 3 aliphatic rings. The Morgan fingerprint density at radius 3 is 2.28 bits per heavy atom. The smallest absolute Gasteiger partial charge is 0.188 e. The molecule has 5 heteroatoms. The zero-order valence-electron chi connectivity index (χ0n) is 15.3. The van der Waals surface area contributed by atoms with Crippen LogP contribution >= 0.6 is 0 Å². The molecule has 1 saturated carbocycles. The molecule has 4 N–H and O–H groups in total. The third-order valence-corrected chi connectivity index (χ3v) is 6.56. The van der Waals surface area contributed by atoms with Gasteiger partial charge in [-0.3, -0.25) is 4.79 Å². The summed E-state index contributed by atoms with van der Waals surface area (Å²) in [5, 5.41) is 41.5. The molecule has 0 bridgehead atoms. The van der Waals surface area contributed by atoms with Gasteiger partial charge >= 0.3 is 0 Å². The fraction of sp³-hybridized carbons (Fsp3) is 0.650. The largest absolute Gasteiger partial charge is 0.392 e. The number of Topliss-reactive ketones (excluding diaryl/α,β-unsaturated/α-hetero) is 1. The summed E-state index contributed by atoms with van der Waals surface area (Å²) >= 11 is 0. The minimum Gasteiger partial charge on any atom is -0.392 e. The second kappa shape index (κ2) is 5.88. The van der Waals surface area contributed by atoms with Crippen molar-refractivity contribution >= 4 is 5.78 Å². The fourth-order valence-corrected chi connectivity index (χ4v) is 4.80. The van der Waals surface area contributed by atoms with Crippen molar-refractivity contribution < 1.29 is 25.2 Å². The standard InChI is InChI=1S/C20H28O5/c1-10(2)13-14-12-6-5-11(9-21)15(22)17(24)19(12,3)7-8-20(14,4)18(25)16(13)23/h5-6,10,15,17-18,21-22,24-25H,7-9H2,1-4H3/t15-,17+,18+,19-,20-/m1/s1. The van der Waals surface area contributed by atoms with E-state index in [-0.39, 0.29) is 18.3 Å². The van der Waals surface area contributed by atoms with Gasteiger partial charge in [0.2, 0.25) is 0 Å². The van der Waals surface area contributed by atoms with Gasteiger partial charge in [0.1, 0.15) is 12.2 Å². The molecule has 5 atom stereocenters. The van der Waals surface area contributed by atoms with Crippen LogP contribution in [0.3, 0.4) is 0 Å². The lowest BCUT2D eigenvalue weighted by Crippen LogP contribution is -2.49. The van der Waals surface area contributed by atoms with E-state index in [0.29, 0.717) is 24.0 Å². The SMILES string of the molecule is CC(C)C1=C2C3=CC=C(CO)[C@@H](O)[C@H](O)[C@]3(C)CC[C@@]2(C)[C@@H](O)C1=O. The molecule has 0 radical (unpaired) electrons. The maximum atomic E-state index is 12.7. The molecular weight excluding hydrogens is 320 g/mol. The maximum absolute atomic E-state index is 12.7.